The van der Waals surface area contributed by atoms with Gasteiger partial charge in [0.1, 0.15) is 3.70 Å². The molecule has 4 nitrogen and oxygen atoms in total. The quantitative estimate of drug-likeness (QED) is 0.526. The first kappa shape index (κ1) is 15.0. The summed E-state index contributed by atoms with van der Waals surface area (Å²) in [6, 6.07) is 10.4. The molecule has 0 saturated heterocycles. The summed E-state index contributed by atoms with van der Waals surface area (Å²) in [4.78, 5) is 4.47. The van der Waals surface area contributed by atoms with Crippen LogP contribution in [0.4, 0.5) is 0 Å². The topological polar surface area (TPSA) is 52.0 Å². The summed E-state index contributed by atoms with van der Waals surface area (Å²) < 4.78 is 28.4. The van der Waals surface area contributed by atoms with E-state index < -0.39 is 10.0 Å². The molecule has 0 unspecified atom stereocenters. The molecule has 2 aromatic heterocycles. The van der Waals surface area contributed by atoms with Crippen molar-refractivity contribution in [1.82, 2.24) is 8.96 Å². The molecular weight excluding hydrogens is 467 g/mol. The third kappa shape index (κ3) is 2.40. The van der Waals surface area contributed by atoms with E-state index in [9.17, 15) is 8.42 Å². The number of rotatable bonds is 2. The Morgan fingerprint density at radius 1 is 1.19 bits per heavy atom. The minimum absolute atomic E-state index is 0.251. The van der Waals surface area contributed by atoms with Crippen molar-refractivity contribution in [3.8, 4) is 0 Å². The van der Waals surface area contributed by atoms with Gasteiger partial charge in [-0.15, -0.1) is 0 Å². The van der Waals surface area contributed by atoms with Crippen LogP contribution < -0.4 is 0 Å². The molecule has 1 aromatic carbocycles. The molecule has 0 aliphatic carbocycles. The molecule has 0 saturated carbocycles. The van der Waals surface area contributed by atoms with Crippen LogP contribution in [0.2, 0.25) is 0 Å². The molecule has 0 fully saturated rings. The summed E-state index contributed by atoms with van der Waals surface area (Å²) in [5.41, 5.74) is 1.44. The maximum atomic E-state index is 12.9. The van der Waals surface area contributed by atoms with E-state index in [0.717, 1.165) is 15.4 Å². The second kappa shape index (κ2) is 5.36. The van der Waals surface area contributed by atoms with Crippen LogP contribution >= 0.6 is 38.5 Å². The van der Waals surface area contributed by atoms with E-state index in [-0.39, 0.29) is 4.90 Å². The van der Waals surface area contributed by atoms with Gasteiger partial charge < -0.3 is 0 Å². The lowest BCUT2D eigenvalue weighted by Crippen LogP contribution is -2.15. The van der Waals surface area contributed by atoms with Crippen LogP contribution in [-0.4, -0.2) is 17.4 Å². The van der Waals surface area contributed by atoms with Crippen molar-refractivity contribution in [3.63, 3.8) is 0 Å². The number of benzene rings is 1. The molecule has 0 amide bonds. The standard InChI is InChI=1S/C14H10BrIN2O2S/c1-9-4-6-10(7-5-9)21(19,20)18-13(16)12(15)11-3-2-8-17-14(11)18/h2-8H,1H3. The fraction of sp³-hybridized carbons (Fsp3) is 0.0714. The molecule has 0 atom stereocenters. The van der Waals surface area contributed by atoms with Crippen molar-refractivity contribution >= 4 is 59.6 Å². The van der Waals surface area contributed by atoms with Crippen molar-refractivity contribution in [2.45, 2.75) is 11.8 Å². The molecule has 0 bridgehead atoms. The minimum atomic E-state index is -3.68. The van der Waals surface area contributed by atoms with Crippen molar-refractivity contribution < 1.29 is 8.42 Å². The number of pyridine rings is 1. The Morgan fingerprint density at radius 2 is 1.86 bits per heavy atom. The van der Waals surface area contributed by atoms with Crippen LogP contribution in [0, 0.1) is 10.6 Å². The summed E-state index contributed by atoms with van der Waals surface area (Å²) in [6.07, 6.45) is 1.59. The second-order valence-corrected chi connectivity index (χ2v) is 8.16. The summed E-state index contributed by atoms with van der Waals surface area (Å²) in [7, 11) is -3.68. The Hall–Kier alpha value is -0.930. The predicted octanol–water partition coefficient (Wildman–Crippen LogP) is 3.95. The summed E-state index contributed by atoms with van der Waals surface area (Å²) in [5.74, 6) is 0. The second-order valence-electron chi connectivity index (χ2n) is 4.56. The van der Waals surface area contributed by atoms with Gasteiger partial charge in [0.25, 0.3) is 10.0 Å². The summed E-state index contributed by atoms with van der Waals surface area (Å²) >= 11 is 5.46. The Balaban J connectivity index is 2.34. The van der Waals surface area contributed by atoms with Gasteiger partial charge in [-0.1, -0.05) is 17.7 Å². The van der Waals surface area contributed by atoms with Crippen LogP contribution in [0.3, 0.4) is 0 Å². The fourth-order valence-corrected chi connectivity index (χ4v) is 5.33. The first-order chi connectivity index (χ1) is 9.93. The minimum Gasteiger partial charge on any atom is -0.237 e. The number of hydrogen-bond donors (Lipinski definition) is 0. The van der Waals surface area contributed by atoms with E-state index in [2.05, 4.69) is 20.9 Å². The third-order valence-electron chi connectivity index (χ3n) is 3.13. The van der Waals surface area contributed by atoms with Crippen LogP contribution in [0.5, 0.6) is 0 Å². The first-order valence-corrected chi connectivity index (χ1v) is 9.37. The Bertz CT molecular complexity index is 934. The summed E-state index contributed by atoms with van der Waals surface area (Å²) in [6.45, 7) is 1.92. The van der Waals surface area contributed by atoms with E-state index in [1.807, 2.05) is 35.6 Å². The Kier molecular flexibility index (Phi) is 3.83. The highest BCUT2D eigenvalue weighted by molar-refractivity contribution is 14.1. The number of fused-ring (bicyclic) bond motifs is 1. The van der Waals surface area contributed by atoms with Gasteiger partial charge in [-0.3, -0.25) is 0 Å². The molecule has 0 aliphatic rings. The average molecular weight is 477 g/mol. The fourth-order valence-electron chi connectivity index (χ4n) is 2.06. The molecule has 2 heterocycles. The maximum absolute atomic E-state index is 12.9. The zero-order valence-electron chi connectivity index (χ0n) is 10.9. The average Bonchev–Trinajstić information content (AvgIpc) is 2.72. The molecule has 0 radical (unpaired) electrons. The largest absolute Gasteiger partial charge is 0.270 e. The zero-order chi connectivity index (χ0) is 15.2. The Labute approximate surface area is 144 Å². The van der Waals surface area contributed by atoms with Crippen molar-refractivity contribution in [3.05, 3.63) is 56.3 Å². The summed E-state index contributed by atoms with van der Waals surface area (Å²) in [5, 5.41) is 0.776. The lowest BCUT2D eigenvalue weighted by atomic mass is 10.2. The van der Waals surface area contributed by atoms with Gasteiger partial charge in [0.05, 0.1) is 9.37 Å². The van der Waals surface area contributed by atoms with Gasteiger partial charge in [0.2, 0.25) is 0 Å². The van der Waals surface area contributed by atoms with Gasteiger partial charge in [-0.25, -0.2) is 17.4 Å². The molecule has 3 aromatic rings. The van der Waals surface area contributed by atoms with Crippen molar-refractivity contribution in [2.75, 3.05) is 0 Å². The van der Waals surface area contributed by atoms with Gasteiger partial charge in [-0.2, -0.15) is 0 Å². The number of hydrogen-bond acceptors (Lipinski definition) is 3. The lowest BCUT2D eigenvalue weighted by Gasteiger charge is -2.08. The molecule has 108 valence electrons. The van der Waals surface area contributed by atoms with Crippen molar-refractivity contribution in [1.29, 1.82) is 0 Å². The van der Waals surface area contributed by atoms with Gasteiger partial charge >= 0.3 is 0 Å². The molecule has 0 spiro atoms. The third-order valence-corrected chi connectivity index (χ3v) is 7.73. The van der Waals surface area contributed by atoms with Gasteiger partial charge in [0.15, 0.2) is 5.65 Å². The van der Waals surface area contributed by atoms with Crippen LogP contribution in [0.15, 0.2) is 52.0 Å². The van der Waals surface area contributed by atoms with Crippen LogP contribution in [0.1, 0.15) is 5.56 Å². The SMILES string of the molecule is Cc1ccc(S(=O)(=O)n2c(I)c(Br)c3cccnc32)cc1. The number of aromatic nitrogens is 2. The Morgan fingerprint density at radius 3 is 2.52 bits per heavy atom. The molecule has 7 heteroatoms. The lowest BCUT2D eigenvalue weighted by molar-refractivity contribution is 0.587. The first-order valence-electron chi connectivity index (χ1n) is 6.05. The molecule has 0 aliphatic heterocycles. The van der Waals surface area contributed by atoms with Gasteiger partial charge in [0, 0.05) is 11.6 Å². The highest BCUT2D eigenvalue weighted by Gasteiger charge is 2.25. The highest BCUT2D eigenvalue weighted by Crippen LogP contribution is 2.33. The molecule has 3 rings (SSSR count). The predicted molar refractivity (Wildman–Crippen MR) is 93.9 cm³/mol. The van der Waals surface area contributed by atoms with E-state index >= 15 is 0 Å². The molecule has 0 N–H and O–H groups in total. The molecule has 21 heavy (non-hydrogen) atoms. The van der Waals surface area contributed by atoms with E-state index in [1.165, 1.54) is 3.97 Å². The number of aryl methyl sites for hydroxylation is 1. The number of halogens is 2. The monoisotopic (exact) mass is 476 g/mol. The smallest absolute Gasteiger partial charge is 0.237 e. The maximum Gasteiger partial charge on any atom is 0.270 e. The van der Waals surface area contributed by atoms with Gasteiger partial charge in [-0.05, 0) is 69.7 Å². The molecular formula is C14H10BrIN2O2S. The number of nitrogens with zero attached hydrogens (tertiary/aromatic N) is 2. The van der Waals surface area contributed by atoms with Crippen molar-refractivity contribution in [2.24, 2.45) is 0 Å². The van der Waals surface area contributed by atoms with E-state index in [1.54, 1.807) is 36.5 Å². The zero-order valence-corrected chi connectivity index (χ0v) is 15.5. The highest BCUT2D eigenvalue weighted by atomic mass is 127. The van der Waals surface area contributed by atoms with Crippen LogP contribution in [-0.2, 0) is 10.0 Å². The van der Waals surface area contributed by atoms with E-state index in [0.29, 0.717) is 9.35 Å². The van der Waals surface area contributed by atoms with E-state index in [4.69, 9.17) is 0 Å². The van der Waals surface area contributed by atoms with Crippen LogP contribution in [0.25, 0.3) is 11.0 Å². The normalized spacial score (nSPS) is 12.0.